The Morgan fingerprint density at radius 2 is 1.76 bits per heavy atom. The zero-order chi connectivity index (χ0) is 47.5. The predicted octanol–water partition coefficient (Wildman–Crippen LogP) is 9.51. The Balaban J connectivity index is 0.874. The number of piperidine rings is 1. The van der Waals surface area contributed by atoms with Crippen molar-refractivity contribution in [1.82, 2.24) is 24.6 Å². The average Bonchev–Trinajstić information content (AvgIpc) is 3.93. The van der Waals surface area contributed by atoms with E-state index in [4.69, 9.17) is 9.72 Å². The second kappa shape index (κ2) is 18.0. The molecule has 15 nitrogen and oxygen atoms in total. The van der Waals surface area contributed by atoms with Crippen molar-refractivity contribution >= 4 is 44.2 Å². The third-order valence-electron chi connectivity index (χ3n) is 15.6. The maximum Gasteiger partial charge on any atom is 0.312 e. The molecule has 3 saturated carbocycles. The van der Waals surface area contributed by atoms with Crippen LogP contribution in [0.4, 0.5) is 21.6 Å². The van der Waals surface area contributed by atoms with Crippen molar-refractivity contribution in [2.45, 2.75) is 126 Å². The number of halogens is 1. The molecule has 2 saturated heterocycles. The van der Waals surface area contributed by atoms with Crippen LogP contribution in [0.5, 0.6) is 11.5 Å². The molecule has 3 aliphatic carbocycles. The minimum Gasteiger partial charge on any atom is -0.454 e. The SMILES string of the molecule is CC(C)c1ccccc1[C@@H]1CCC[C@@H]1N1CC2(CCN(c3ccc(C(=O)NS(=O)(=O)c4cnc(NCC5CCC(C)(O)CC5)c([N+](=O)[O-])c4)c(Oc4cc5c(F)c[nH]c5nc4C4CC4)c3)CC2)C1. The molecule has 5 fully saturated rings. The highest BCUT2D eigenvalue weighted by molar-refractivity contribution is 7.90. The molecule has 2 aliphatic heterocycles. The molecule has 10 rings (SSSR count). The van der Waals surface area contributed by atoms with Crippen LogP contribution in [-0.2, 0) is 10.0 Å². The van der Waals surface area contributed by atoms with Crippen molar-refractivity contribution in [1.29, 1.82) is 0 Å². The van der Waals surface area contributed by atoms with Crippen LogP contribution in [0.3, 0.4) is 0 Å². The van der Waals surface area contributed by atoms with Gasteiger partial charge in [0, 0.05) is 68.7 Å². The number of pyridine rings is 2. The summed E-state index contributed by atoms with van der Waals surface area (Å²) in [5.74, 6) is -0.0356. The van der Waals surface area contributed by atoms with Crippen LogP contribution in [0.25, 0.3) is 11.0 Å². The number of anilines is 2. The fraction of sp³-hybridized carbons (Fsp3) is 0.510. The van der Waals surface area contributed by atoms with Gasteiger partial charge >= 0.3 is 5.69 Å². The van der Waals surface area contributed by atoms with Crippen molar-refractivity contribution in [3.05, 3.63) is 105 Å². The first-order chi connectivity index (χ1) is 32.6. The summed E-state index contributed by atoms with van der Waals surface area (Å²) in [5.41, 5.74) is 3.59. The van der Waals surface area contributed by atoms with Gasteiger partial charge in [-0.1, -0.05) is 44.5 Å². The Bertz CT molecular complexity index is 2840. The van der Waals surface area contributed by atoms with Gasteiger partial charge in [0.05, 0.1) is 33.4 Å². The van der Waals surface area contributed by atoms with Gasteiger partial charge in [-0.3, -0.25) is 19.8 Å². The molecule has 1 amide bonds. The van der Waals surface area contributed by atoms with Crippen molar-refractivity contribution in [2.75, 3.05) is 42.9 Å². The second-order valence-electron chi connectivity index (χ2n) is 20.8. The molecule has 3 aromatic heterocycles. The van der Waals surface area contributed by atoms with Gasteiger partial charge in [0.15, 0.2) is 0 Å². The van der Waals surface area contributed by atoms with Crippen LogP contribution in [0.2, 0.25) is 0 Å². The van der Waals surface area contributed by atoms with Gasteiger partial charge in [-0.2, -0.15) is 0 Å². The predicted molar refractivity (Wildman–Crippen MR) is 258 cm³/mol. The highest BCUT2D eigenvalue weighted by Crippen LogP contribution is 2.50. The summed E-state index contributed by atoms with van der Waals surface area (Å²) >= 11 is 0. The summed E-state index contributed by atoms with van der Waals surface area (Å²) in [6.07, 6.45) is 12.3. The average molecular weight is 949 g/mol. The smallest absolute Gasteiger partial charge is 0.312 e. The van der Waals surface area contributed by atoms with E-state index >= 15 is 0 Å². The molecular formula is C51H61FN8O7S. The molecule has 2 atom stereocenters. The lowest BCUT2D eigenvalue weighted by Crippen LogP contribution is -2.63. The number of carbonyl (C=O) groups excluding carboxylic acids is 1. The fourth-order valence-corrected chi connectivity index (χ4v) is 12.3. The lowest BCUT2D eigenvalue weighted by atomic mass is 9.70. The minimum absolute atomic E-state index is 0.0612. The van der Waals surface area contributed by atoms with Gasteiger partial charge < -0.3 is 25.0 Å². The number of H-pyrrole nitrogens is 1. The Hall–Kier alpha value is -5.65. The van der Waals surface area contributed by atoms with E-state index in [1.807, 2.05) is 0 Å². The molecule has 0 bridgehead atoms. The first-order valence-electron chi connectivity index (χ1n) is 24.3. The lowest BCUT2D eigenvalue weighted by molar-refractivity contribution is -0.384. The first kappa shape index (κ1) is 46.1. The fourth-order valence-electron chi connectivity index (χ4n) is 11.4. The topological polar surface area (TPSA) is 196 Å². The third kappa shape index (κ3) is 9.28. The quantitative estimate of drug-likeness (QED) is 0.0609. The lowest BCUT2D eigenvalue weighted by Gasteiger charge is -2.57. The molecular weight excluding hydrogens is 888 g/mol. The van der Waals surface area contributed by atoms with Gasteiger partial charge in [-0.05, 0) is 124 Å². The number of nitro groups is 1. The van der Waals surface area contributed by atoms with E-state index in [1.54, 1.807) is 25.1 Å². The van der Waals surface area contributed by atoms with E-state index in [9.17, 15) is 32.8 Å². The van der Waals surface area contributed by atoms with E-state index < -0.39 is 42.9 Å². The van der Waals surface area contributed by atoms with E-state index in [2.05, 4.69) is 67.9 Å². The number of aliphatic hydroxyl groups is 1. The van der Waals surface area contributed by atoms with Crippen LogP contribution in [-0.4, -0.2) is 88.6 Å². The molecule has 2 aromatic carbocycles. The third-order valence-corrected chi connectivity index (χ3v) is 16.8. The van der Waals surface area contributed by atoms with Crippen LogP contribution >= 0.6 is 0 Å². The molecule has 68 heavy (non-hydrogen) atoms. The number of carbonyl (C=O) groups is 1. The number of hydrogen-bond donors (Lipinski definition) is 4. The van der Waals surface area contributed by atoms with E-state index in [0.29, 0.717) is 48.6 Å². The molecule has 5 aliphatic rings. The molecule has 0 radical (unpaired) electrons. The van der Waals surface area contributed by atoms with Crippen molar-refractivity contribution in [3.63, 3.8) is 0 Å². The van der Waals surface area contributed by atoms with Crippen molar-refractivity contribution in [3.8, 4) is 11.5 Å². The number of benzene rings is 2. The highest BCUT2D eigenvalue weighted by Gasteiger charge is 2.49. The summed E-state index contributed by atoms with van der Waals surface area (Å²) in [6.45, 7) is 10.4. The second-order valence-corrected chi connectivity index (χ2v) is 22.5. The zero-order valence-corrected chi connectivity index (χ0v) is 39.8. The summed E-state index contributed by atoms with van der Waals surface area (Å²) < 4.78 is 51.3. The number of amides is 1. The van der Waals surface area contributed by atoms with Crippen LogP contribution in [0.1, 0.15) is 136 Å². The Labute approximate surface area is 396 Å². The molecule has 5 heterocycles. The number of aromatic nitrogens is 3. The minimum atomic E-state index is -4.69. The van der Waals surface area contributed by atoms with E-state index in [0.717, 1.165) is 82.7 Å². The van der Waals surface area contributed by atoms with Gasteiger partial charge in [0.25, 0.3) is 15.9 Å². The number of hydrogen-bond acceptors (Lipinski definition) is 12. The number of sulfonamides is 1. The van der Waals surface area contributed by atoms with Crippen molar-refractivity contribution < 1.29 is 32.4 Å². The largest absolute Gasteiger partial charge is 0.454 e. The van der Waals surface area contributed by atoms with Gasteiger partial charge in [0.2, 0.25) is 5.82 Å². The van der Waals surface area contributed by atoms with Crippen LogP contribution in [0.15, 0.2) is 71.9 Å². The molecule has 0 unspecified atom stereocenters. The van der Waals surface area contributed by atoms with Crippen LogP contribution in [0, 0.1) is 27.3 Å². The Morgan fingerprint density at radius 3 is 2.49 bits per heavy atom. The first-order valence-corrected chi connectivity index (χ1v) is 25.8. The summed E-state index contributed by atoms with van der Waals surface area (Å²) in [6, 6.07) is 17.0. The summed E-state index contributed by atoms with van der Waals surface area (Å²) in [4.78, 5) is 41.8. The maximum atomic E-state index is 15.0. The van der Waals surface area contributed by atoms with E-state index in [-0.39, 0.29) is 45.5 Å². The van der Waals surface area contributed by atoms with Crippen LogP contribution < -0.4 is 19.7 Å². The van der Waals surface area contributed by atoms with E-state index in [1.165, 1.54) is 42.7 Å². The highest BCUT2D eigenvalue weighted by atomic mass is 32.2. The maximum absolute atomic E-state index is 15.0. The summed E-state index contributed by atoms with van der Waals surface area (Å²) in [7, 11) is -4.69. The van der Waals surface area contributed by atoms with Gasteiger partial charge in [-0.15, -0.1) is 0 Å². The number of fused-ring (bicyclic) bond motifs is 1. The molecule has 360 valence electrons. The monoisotopic (exact) mass is 948 g/mol. The van der Waals surface area contributed by atoms with Gasteiger partial charge in [-0.25, -0.2) is 27.5 Å². The summed E-state index contributed by atoms with van der Waals surface area (Å²) in [5, 5.41) is 25.7. The standard InChI is InChI=1S/C51H61FN8O7S/c1-31(2)36-7-4-5-8-37(36)38-9-6-10-42(38)59-29-51(30-59)19-21-58(22-20-51)34-13-14-39(44(23-34)67-45-25-40-41(52)28-55-47(40)56-46(45)33-11-12-33)49(61)57-68(65,66)35-24-43(60(63)64)48(54-27-35)53-26-32-15-17-50(3,62)18-16-32/h4-5,7-8,13-14,23-25,27-28,31-33,38,42,62H,6,9-12,15-22,26,29-30H2,1-3H3,(H,53,54)(H,55,56)(H,57,61)/t32?,38-,42-,50?/m0/s1. The zero-order valence-electron chi connectivity index (χ0n) is 39.0. The van der Waals surface area contributed by atoms with Crippen molar-refractivity contribution in [2.24, 2.45) is 11.3 Å². The number of likely N-dealkylation sites (tertiary alicyclic amines) is 1. The van der Waals surface area contributed by atoms with Gasteiger partial charge in [0.1, 0.15) is 27.9 Å². The molecule has 1 spiro atoms. The number of nitrogens with zero attached hydrogens (tertiary/aromatic N) is 5. The molecule has 4 N–H and O–H groups in total. The number of ether oxygens (including phenoxy) is 1. The number of rotatable bonds is 14. The normalized spacial score (nSPS) is 24.0. The Morgan fingerprint density at radius 1 is 1.01 bits per heavy atom. The Kier molecular flexibility index (Phi) is 12.2. The molecule has 5 aromatic rings. The molecule has 17 heteroatoms. The number of nitrogens with one attached hydrogen (secondary N) is 3. The number of aromatic amines is 1.